The first-order valence-electron chi connectivity index (χ1n) is 3.78. The molecule has 0 radical (unpaired) electrons. The first-order chi connectivity index (χ1) is 6.75. The third-order valence-electron chi connectivity index (χ3n) is 1.50. The van der Waals surface area contributed by atoms with E-state index in [9.17, 15) is 0 Å². The number of thiazole rings is 1. The molecule has 0 bridgehead atoms. The van der Waals surface area contributed by atoms with Gasteiger partial charge in [0, 0.05) is 16.6 Å². The third kappa shape index (κ3) is 2.18. The molecule has 1 heterocycles. The van der Waals surface area contributed by atoms with Crippen LogP contribution in [0.4, 0.5) is 0 Å². The van der Waals surface area contributed by atoms with Gasteiger partial charge < -0.3 is 4.74 Å². The van der Waals surface area contributed by atoms with Gasteiger partial charge in [-0.25, -0.2) is 4.98 Å². The van der Waals surface area contributed by atoms with E-state index in [2.05, 4.69) is 4.98 Å². The molecule has 14 heavy (non-hydrogen) atoms. The van der Waals surface area contributed by atoms with Crippen LogP contribution in [0.15, 0.2) is 29.8 Å². The van der Waals surface area contributed by atoms with E-state index < -0.39 is 0 Å². The number of nitrogens with zero attached hydrogens (tertiary/aromatic N) is 1. The summed E-state index contributed by atoms with van der Waals surface area (Å²) in [6, 6.07) is 5.06. The van der Waals surface area contributed by atoms with Crippen molar-refractivity contribution in [1.82, 2.24) is 4.98 Å². The fraction of sp³-hybridized carbons (Fsp3) is 0. The Bertz CT molecular complexity index is 430. The summed E-state index contributed by atoms with van der Waals surface area (Å²) >= 11 is 13.1. The van der Waals surface area contributed by atoms with Crippen molar-refractivity contribution in [2.24, 2.45) is 0 Å². The first-order valence-corrected chi connectivity index (χ1v) is 5.41. The lowest BCUT2D eigenvalue weighted by Gasteiger charge is -2.03. The van der Waals surface area contributed by atoms with Crippen LogP contribution in [0.3, 0.4) is 0 Å². The van der Waals surface area contributed by atoms with E-state index in [1.54, 1.807) is 24.4 Å². The molecular formula is C9H5Cl2NOS. The number of halogens is 2. The molecule has 0 saturated carbocycles. The zero-order valence-electron chi connectivity index (χ0n) is 6.91. The number of rotatable bonds is 2. The highest BCUT2D eigenvalue weighted by atomic mass is 35.5. The molecule has 0 saturated heterocycles. The van der Waals surface area contributed by atoms with E-state index in [4.69, 9.17) is 27.9 Å². The predicted octanol–water partition coefficient (Wildman–Crippen LogP) is 4.24. The number of aromatic nitrogens is 1. The average molecular weight is 246 g/mol. The van der Waals surface area contributed by atoms with Crippen LogP contribution in [-0.4, -0.2) is 4.98 Å². The highest BCUT2D eigenvalue weighted by Gasteiger charge is 2.04. The molecule has 1 aromatic carbocycles. The minimum atomic E-state index is 0.479. The number of ether oxygens (including phenoxy) is 1. The summed E-state index contributed by atoms with van der Waals surface area (Å²) in [7, 11) is 0. The normalized spacial score (nSPS) is 10.1. The fourth-order valence-electron chi connectivity index (χ4n) is 0.913. The van der Waals surface area contributed by atoms with Crippen molar-refractivity contribution in [1.29, 1.82) is 0 Å². The van der Waals surface area contributed by atoms with Gasteiger partial charge in [0.05, 0.1) is 5.02 Å². The maximum Gasteiger partial charge on any atom is 0.278 e. The molecule has 0 unspecified atom stereocenters. The van der Waals surface area contributed by atoms with Gasteiger partial charge in [-0.3, -0.25) is 0 Å². The second-order valence-corrected chi connectivity index (χ2v) is 4.18. The van der Waals surface area contributed by atoms with Crippen molar-refractivity contribution < 1.29 is 4.74 Å². The molecule has 2 nitrogen and oxygen atoms in total. The molecule has 0 aliphatic carbocycles. The predicted molar refractivity (Wildman–Crippen MR) is 58.7 cm³/mol. The Morgan fingerprint density at radius 3 is 2.79 bits per heavy atom. The lowest BCUT2D eigenvalue weighted by atomic mass is 10.3. The molecule has 2 rings (SSSR count). The monoisotopic (exact) mass is 245 g/mol. The smallest absolute Gasteiger partial charge is 0.278 e. The summed E-state index contributed by atoms with van der Waals surface area (Å²) in [6.07, 6.45) is 1.67. The van der Waals surface area contributed by atoms with Crippen LogP contribution in [0.1, 0.15) is 0 Å². The fourth-order valence-corrected chi connectivity index (χ4v) is 1.86. The van der Waals surface area contributed by atoms with Gasteiger partial charge in [0.15, 0.2) is 0 Å². The zero-order valence-corrected chi connectivity index (χ0v) is 9.23. The van der Waals surface area contributed by atoms with Crippen LogP contribution in [0, 0.1) is 0 Å². The van der Waals surface area contributed by atoms with Gasteiger partial charge in [-0.05, 0) is 18.2 Å². The van der Waals surface area contributed by atoms with Gasteiger partial charge in [0.25, 0.3) is 5.19 Å². The molecular weight excluding hydrogens is 241 g/mol. The lowest BCUT2D eigenvalue weighted by Crippen LogP contribution is -1.83. The van der Waals surface area contributed by atoms with E-state index in [1.165, 1.54) is 11.3 Å². The molecule has 1 aromatic heterocycles. The summed E-state index contributed by atoms with van der Waals surface area (Å²) < 4.78 is 5.42. The van der Waals surface area contributed by atoms with Crippen molar-refractivity contribution >= 4 is 34.5 Å². The van der Waals surface area contributed by atoms with Gasteiger partial charge in [-0.1, -0.05) is 34.5 Å². The maximum atomic E-state index is 5.91. The molecule has 2 aromatic rings. The second-order valence-electron chi connectivity index (χ2n) is 2.47. The highest BCUT2D eigenvalue weighted by Crippen LogP contribution is 2.32. The van der Waals surface area contributed by atoms with Crippen molar-refractivity contribution in [3.63, 3.8) is 0 Å². The molecule has 0 atom stereocenters. The summed E-state index contributed by atoms with van der Waals surface area (Å²) in [6.45, 7) is 0. The Morgan fingerprint density at radius 1 is 1.29 bits per heavy atom. The molecule has 0 N–H and O–H groups in total. The van der Waals surface area contributed by atoms with Crippen LogP contribution in [0.2, 0.25) is 10.0 Å². The first kappa shape index (κ1) is 9.77. The standard InChI is InChI=1S/C9H5Cl2NOS/c10-6-1-2-8(7(11)5-6)13-9-12-3-4-14-9/h1-5H. The van der Waals surface area contributed by atoms with Gasteiger partial charge in [-0.2, -0.15) is 0 Å². The van der Waals surface area contributed by atoms with Gasteiger partial charge >= 0.3 is 0 Å². The average Bonchev–Trinajstić information content (AvgIpc) is 2.62. The van der Waals surface area contributed by atoms with E-state index in [-0.39, 0.29) is 0 Å². The second kappa shape index (κ2) is 4.17. The van der Waals surface area contributed by atoms with E-state index in [0.717, 1.165) is 0 Å². The summed E-state index contributed by atoms with van der Waals surface area (Å²) in [5, 5.41) is 3.46. The van der Waals surface area contributed by atoms with E-state index in [1.807, 2.05) is 5.38 Å². The molecule has 5 heteroatoms. The Hall–Kier alpha value is -0.770. The van der Waals surface area contributed by atoms with Crippen molar-refractivity contribution in [3.8, 4) is 10.9 Å². The van der Waals surface area contributed by atoms with Crippen LogP contribution in [-0.2, 0) is 0 Å². The van der Waals surface area contributed by atoms with Crippen molar-refractivity contribution in [2.75, 3.05) is 0 Å². The van der Waals surface area contributed by atoms with Gasteiger partial charge in [0.2, 0.25) is 0 Å². The number of benzene rings is 1. The van der Waals surface area contributed by atoms with Crippen LogP contribution < -0.4 is 4.74 Å². The number of hydrogen-bond donors (Lipinski definition) is 0. The zero-order chi connectivity index (χ0) is 9.97. The van der Waals surface area contributed by atoms with Crippen LogP contribution in [0.5, 0.6) is 10.9 Å². The topological polar surface area (TPSA) is 22.1 Å². The van der Waals surface area contributed by atoms with Gasteiger partial charge in [-0.15, -0.1) is 0 Å². The minimum Gasteiger partial charge on any atom is -0.429 e. The summed E-state index contributed by atoms with van der Waals surface area (Å²) in [4.78, 5) is 3.98. The molecule has 0 aliphatic heterocycles. The maximum absolute atomic E-state index is 5.91. The SMILES string of the molecule is Clc1ccc(Oc2nccs2)c(Cl)c1. The molecule has 0 amide bonds. The summed E-state index contributed by atoms with van der Waals surface area (Å²) in [5.74, 6) is 0.561. The van der Waals surface area contributed by atoms with E-state index >= 15 is 0 Å². The van der Waals surface area contributed by atoms with Crippen molar-refractivity contribution in [3.05, 3.63) is 39.8 Å². The minimum absolute atomic E-state index is 0.479. The van der Waals surface area contributed by atoms with Gasteiger partial charge in [0.1, 0.15) is 5.75 Å². The van der Waals surface area contributed by atoms with E-state index in [0.29, 0.717) is 21.0 Å². The highest BCUT2D eigenvalue weighted by molar-refractivity contribution is 7.11. The quantitative estimate of drug-likeness (QED) is 0.790. The largest absolute Gasteiger partial charge is 0.429 e. The Balaban J connectivity index is 2.25. The van der Waals surface area contributed by atoms with Crippen LogP contribution in [0.25, 0.3) is 0 Å². The Kier molecular flexibility index (Phi) is 2.91. The molecule has 72 valence electrons. The van der Waals surface area contributed by atoms with Crippen molar-refractivity contribution in [2.45, 2.75) is 0 Å². The third-order valence-corrected chi connectivity index (χ3v) is 2.68. The lowest BCUT2D eigenvalue weighted by molar-refractivity contribution is 0.479. The Labute approximate surface area is 95.1 Å². The molecule has 0 aliphatic rings. The van der Waals surface area contributed by atoms with Crippen LogP contribution >= 0.6 is 34.5 Å². The molecule has 0 spiro atoms. The molecule has 0 fully saturated rings. The number of hydrogen-bond acceptors (Lipinski definition) is 3. The Morgan fingerprint density at radius 2 is 2.14 bits per heavy atom. The summed E-state index contributed by atoms with van der Waals surface area (Å²) in [5.41, 5.74) is 0.